The fourth-order valence-corrected chi connectivity index (χ4v) is 2.18. The van der Waals surface area contributed by atoms with Crippen LogP contribution < -0.4 is 5.73 Å². The average Bonchev–Trinajstić information content (AvgIpc) is 2.60. The summed E-state index contributed by atoms with van der Waals surface area (Å²) in [5.74, 6) is -0.648. The summed E-state index contributed by atoms with van der Waals surface area (Å²) in [5.41, 5.74) is 5.37. The number of carbonyl (C=O) groups is 1. The number of nitrogens with zero attached hydrogens (tertiary/aromatic N) is 2. The number of aromatic nitrogens is 3. The number of hydrogen-bond donors (Lipinski definition) is 3. The van der Waals surface area contributed by atoms with Gasteiger partial charge in [0.05, 0.1) is 0 Å². The van der Waals surface area contributed by atoms with Crippen LogP contribution >= 0.6 is 11.8 Å². The lowest BCUT2D eigenvalue weighted by atomic mass is 10.0. The van der Waals surface area contributed by atoms with Gasteiger partial charge in [-0.2, -0.15) is 4.98 Å². The summed E-state index contributed by atoms with van der Waals surface area (Å²) in [5, 5.41) is 15.8. The molecule has 0 saturated heterocycles. The number of nitrogens with one attached hydrogen (secondary N) is 1. The van der Waals surface area contributed by atoms with Gasteiger partial charge in [0.1, 0.15) is 4.75 Å². The smallest absolute Gasteiger partial charge is 0.320 e. The van der Waals surface area contributed by atoms with Crippen molar-refractivity contribution < 1.29 is 9.90 Å². The molecule has 0 aromatic carbocycles. The lowest BCUT2D eigenvalue weighted by molar-refractivity contribution is -0.140. The maximum Gasteiger partial charge on any atom is 0.320 e. The molecule has 1 aromatic heterocycles. The number of aliphatic carboxylic acids is 1. The summed E-state index contributed by atoms with van der Waals surface area (Å²) in [6.07, 6.45) is 1.02. The lowest BCUT2D eigenvalue weighted by Gasteiger charge is -2.23. The second kappa shape index (κ2) is 4.52. The van der Waals surface area contributed by atoms with E-state index in [2.05, 4.69) is 15.2 Å². The van der Waals surface area contributed by atoms with Crippen molar-refractivity contribution in [3.63, 3.8) is 0 Å². The largest absolute Gasteiger partial charge is 0.480 e. The minimum Gasteiger partial charge on any atom is -0.480 e. The quantitative estimate of drug-likeness (QED) is 0.655. The third kappa shape index (κ3) is 2.41. The van der Waals surface area contributed by atoms with E-state index in [0.29, 0.717) is 18.0 Å². The second-order valence-electron chi connectivity index (χ2n) is 3.11. The zero-order valence-corrected chi connectivity index (χ0v) is 9.47. The first-order valence-electron chi connectivity index (χ1n) is 4.64. The van der Waals surface area contributed by atoms with Gasteiger partial charge < -0.3 is 10.8 Å². The van der Waals surface area contributed by atoms with Crippen LogP contribution in [0.15, 0.2) is 5.16 Å². The van der Waals surface area contributed by atoms with Crippen LogP contribution in [-0.2, 0) is 4.79 Å². The van der Waals surface area contributed by atoms with Gasteiger partial charge in [-0.3, -0.25) is 4.79 Å². The minimum absolute atomic E-state index is 0.198. The molecule has 4 N–H and O–H groups in total. The first kappa shape index (κ1) is 11.8. The number of nitrogens with two attached hydrogens (primary N) is 1. The van der Waals surface area contributed by atoms with Crippen molar-refractivity contribution in [1.82, 2.24) is 15.2 Å². The highest BCUT2D eigenvalue weighted by Crippen LogP contribution is 2.36. The topological polar surface area (TPSA) is 105 Å². The standard InChI is InChI=1S/C8H14N4O2S/c1-3-8(4-2,5(13)14)15-7-10-6(9)11-12-7/h3-4H2,1-2H3,(H,13,14)(H3,9,10,11,12). The van der Waals surface area contributed by atoms with Crippen molar-refractivity contribution in [1.29, 1.82) is 0 Å². The number of anilines is 1. The van der Waals surface area contributed by atoms with Gasteiger partial charge in [0.15, 0.2) is 0 Å². The predicted octanol–water partition coefficient (Wildman–Crippen LogP) is 1.12. The molecule has 1 heterocycles. The second-order valence-corrected chi connectivity index (χ2v) is 4.46. The van der Waals surface area contributed by atoms with E-state index in [0.717, 1.165) is 11.8 Å². The van der Waals surface area contributed by atoms with E-state index in [4.69, 9.17) is 5.73 Å². The van der Waals surface area contributed by atoms with E-state index in [-0.39, 0.29) is 5.95 Å². The van der Waals surface area contributed by atoms with Crippen LogP contribution in [0.4, 0.5) is 5.95 Å². The van der Waals surface area contributed by atoms with Gasteiger partial charge in [0, 0.05) is 0 Å². The van der Waals surface area contributed by atoms with Crippen molar-refractivity contribution in [2.24, 2.45) is 0 Å². The average molecular weight is 230 g/mol. The third-order valence-corrected chi connectivity index (χ3v) is 3.81. The molecule has 0 bridgehead atoms. The summed E-state index contributed by atoms with van der Waals surface area (Å²) in [6.45, 7) is 3.67. The Labute approximate surface area is 91.7 Å². The van der Waals surface area contributed by atoms with Crippen LogP contribution in [-0.4, -0.2) is 31.0 Å². The highest BCUT2D eigenvalue weighted by molar-refractivity contribution is 8.01. The SMILES string of the molecule is CCC(CC)(Sc1n[nH]c(N)n1)C(=O)O. The van der Waals surface area contributed by atoms with Crippen molar-refractivity contribution in [2.75, 3.05) is 5.73 Å². The summed E-state index contributed by atoms with van der Waals surface area (Å²) in [6, 6.07) is 0. The van der Waals surface area contributed by atoms with E-state index in [9.17, 15) is 9.90 Å². The van der Waals surface area contributed by atoms with Gasteiger partial charge in [-0.05, 0) is 12.8 Å². The van der Waals surface area contributed by atoms with Crippen molar-refractivity contribution in [3.05, 3.63) is 0 Å². The molecule has 1 aromatic rings. The number of carboxylic acids is 1. The highest BCUT2D eigenvalue weighted by Gasteiger charge is 2.37. The molecule has 7 heteroatoms. The molecule has 0 amide bonds. The molecule has 0 fully saturated rings. The molecule has 6 nitrogen and oxygen atoms in total. The summed E-state index contributed by atoms with van der Waals surface area (Å²) in [7, 11) is 0. The first-order chi connectivity index (χ1) is 7.04. The Morgan fingerprint density at radius 1 is 1.60 bits per heavy atom. The normalized spacial score (nSPS) is 11.6. The molecular weight excluding hydrogens is 216 g/mol. The Bertz CT molecular complexity index is 348. The molecule has 0 spiro atoms. The Morgan fingerprint density at radius 2 is 2.20 bits per heavy atom. The molecule has 84 valence electrons. The van der Waals surface area contributed by atoms with E-state index < -0.39 is 10.7 Å². The Balaban J connectivity index is 2.88. The molecule has 0 radical (unpaired) electrons. The first-order valence-corrected chi connectivity index (χ1v) is 5.46. The van der Waals surface area contributed by atoms with Crippen LogP contribution in [0.3, 0.4) is 0 Å². The van der Waals surface area contributed by atoms with Crippen molar-refractivity contribution in [3.8, 4) is 0 Å². The predicted molar refractivity (Wildman–Crippen MR) is 57.6 cm³/mol. The number of carboxylic acid groups (broad SMARTS) is 1. The van der Waals surface area contributed by atoms with Gasteiger partial charge in [-0.25, -0.2) is 5.10 Å². The molecular formula is C8H14N4O2S. The fraction of sp³-hybridized carbons (Fsp3) is 0.625. The van der Waals surface area contributed by atoms with Crippen LogP contribution in [0.1, 0.15) is 26.7 Å². The third-order valence-electron chi connectivity index (χ3n) is 2.30. The number of thioether (sulfide) groups is 1. The van der Waals surface area contributed by atoms with E-state index >= 15 is 0 Å². The van der Waals surface area contributed by atoms with Gasteiger partial charge in [-0.1, -0.05) is 25.6 Å². The fourth-order valence-electron chi connectivity index (χ4n) is 1.22. The number of H-pyrrole nitrogens is 1. The molecule has 0 aliphatic heterocycles. The van der Waals surface area contributed by atoms with Gasteiger partial charge in [0.25, 0.3) is 0 Å². The monoisotopic (exact) mass is 230 g/mol. The molecule has 0 aliphatic rings. The maximum atomic E-state index is 11.2. The molecule has 0 aliphatic carbocycles. The number of nitrogen functional groups attached to an aromatic ring is 1. The van der Waals surface area contributed by atoms with Crippen LogP contribution in [0, 0.1) is 0 Å². The van der Waals surface area contributed by atoms with E-state index in [1.165, 1.54) is 0 Å². The molecule has 0 atom stereocenters. The van der Waals surface area contributed by atoms with E-state index in [1.54, 1.807) is 0 Å². The summed E-state index contributed by atoms with van der Waals surface area (Å²) in [4.78, 5) is 15.1. The summed E-state index contributed by atoms with van der Waals surface area (Å²) >= 11 is 1.13. The van der Waals surface area contributed by atoms with Crippen LogP contribution in [0.2, 0.25) is 0 Å². The molecule has 0 saturated carbocycles. The minimum atomic E-state index is -0.866. The maximum absolute atomic E-state index is 11.2. The van der Waals surface area contributed by atoms with Crippen molar-refractivity contribution in [2.45, 2.75) is 36.6 Å². The lowest BCUT2D eigenvalue weighted by Crippen LogP contribution is -2.33. The molecule has 15 heavy (non-hydrogen) atoms. The van der Waals surface area contributed by atoms with Crippen LogP contribution in [0.25, 0.3) is 0 Å². The van der Waals surface area contributed by atoms with Gasteiger partial charge in [-0.15, -0.1) is 5.10 Å². The van der Waals surface area contributed by atoms with E-state index in [1.807, 2.05) is 13.8 Å². The Hall–Kier alpha value is -1.24. The number of hydrogen-bond acceptors (Lipinski definition) is 5. The number of aromatic amines is 1. The van der Waals surface area contributed by atoms with Gasteiger partial charge in [0.2, 0.25) is 11.1 Å². The Kier molecular flexibility index (Phi) is 3.57. The van der Waals surface area contributed by atoms with Crippen LogP contribution in [0.5, 0.6) is 0 Å². The Morgan fingerprint density at radius 3 is 2.53 bits per heavy atom. The number of rotatable bonds is 5. The van der Waals surface area contributed by atoms with Crippen molar-refractivity contribution >= 4 is 23.7 Å². The summed E-state index contributed by atoms with van der Waals surface area (Å²) < 4.78 is -0.866. The zero-order valence-electron chi connectivity index (χ0n) is 8.65. The zero-order chi connectivity index (χ0) is 11.5. The molecule has 0 unspecified atom stereocenters. The highest BCUT2D eigenvalue weighted by atomic mass is 32.2. The van der Waals surface area contributed by atoms with Gasteiger partial charge >= 0.3 is 5.97 Å². The molecule has 1 rings (SSSR count).